The lowest BCUT2D eigenvalue weighted by Gasteiger charge is -2.21. The Hall–Kier alpha value is -3.54. The zero-order valence-corrected chi connectivity index (χ0v) is 24.1. The van der Waals surface area contributed by atoms with Crippen molar-refractivity contribution < 1.29 is 22.7 Å². The van der Waals surface area contributed by atoms with Gasteiger partial charge in [-0.25, -0.2) is 13.4 Å². The first-order valence-corrected chi connectivity index (χ1v) is 14.9. The van der Waals surface area contributed by atoms with E-state index in [0.29, 0.717) is 40.8 Å². The maximum atomic E-state index is 13.9. The fourth-order valence-electron chi connectivity index (χ4n) is 4.15. The molecule has 4 aromatic rings. The molecule has 0 fully saturated rings. The number of carbonyl (C=O) groups excluding carboxylic acids is 1. The SMILES string of the molecule is CCCCN(CC)S(=O)(=O)c1ccc(C(=O)N(Cc2cccnc2)c2nc3c(OC)ccc(OC)c3s2)cc1. The number of sulfonamides is 1. The summed E-state index contributed by atoms with van der Waals surface area (Å²) in [4.78, 5) is 24.5. The van der Waals surface area contributed by atoms with Crippen LogP contribution in [0.1, 0.15) is 42.6 Å². The molecule has 1 amide bonds. The molecule has 0 unspecified atom stereocenters. The molecule has 0 bridgehead atoms. The van der Waals surface area contributed by atoms with E-state index in [1.807, 2.05) is 19.9 Å². The second-order valence-corrected chi connectivity index (χ2v) is 11.7. The molecule has 11 heteroatoms. The van der Waals surface area contributed by atoms with Crippen LogP contribution in [0.4, 0.5) is 5.13 Å². The van der Waals surface area contributed by atoms with Gasteiger partial charge < -0.3 is 9.47 Å². The monoisotopic (exact) mass is 568 g/mol. The minimum absolute atomic E-state index is 0.158. The van der Waals surface area contributed by atoms with E-state index in [-0.39, 0.29) is 17.3 Å². The lowest BCUT2D eigenvalue weighted by atomic mass is 10.2. The van der Waals surface area contributed by atoms with Crippen LogP contribution in [0.2, 0.25) is 0 Å². The molecule has 39 heavy (non-hydrogen) atoms. The van der Waals surface area contributed by atoms with Crippen molar-refractivity contribution in [3.63, 3.8) is 0 Å². The molecule has 2 heterocycles. The van der Waals surface area contributed by atoms with E-state index in [4.69, 9.17) is 14.5 Å². The number of aromatic nitrogens is 2. The Morgan fingerprint density at radius 1 is 1.00 bits per heavy atom. The summed E-state index contributed by atoms with van der Waals surface area (Å²) >= 11 is 1.32. The summed E-state index contributed by atoms with van der Waals surface area (Å²) in [5, 5.41) is 0.454. The number of benzene rings is 2. The minimum atomic E-state index is -3.66. The molecule has 0 atom stereocenters. The average Bonchev–Trinajstić information content (AvgIpc) is 3.41. The summed E-state index contributed by atoms with van der Waals surface area (Å²) in [7, 11) is -0.512. The van der Waals surface area contributed by atoms with E-state index in [0.717, 1.165) is 23.1 Å². The number of ether oxygens (including phenoxy) is 2. The smallest absolute Gasteiger partial charge is 0.260 e. The molecular weight excluding hydrogens is 536 g/mol. The van der Waals surface area contributed by atoms with Gasteiger partial charge in [-0.2, -0.15) is 4.31 Å². The van der Waals surface area contributed by atoms with Crippen molar-refractivity contribution in [2.24, 2.45) is 0 Å². The first-order valence-electron chi connectivity index (χ1n) is 12.7. The van der Waals surface area contributed by atoms with Crippen molar-refractivity contribution in [1.82, 2.24) is 14.3 Å². The zero-order chi connectivity index (χ0) is 28.0. The predicted octanol–water partition coefficient (Wildman–Crippen LogP) is 5.37. The number of hydrogen-bond donors (Lipinski definition) is 0. The van der Waals surface area contributed by atoms with E-state index in [1.165, 1.54) is 27.8 Å². The van der Waals surface area contributed by atoms with Crippen LogP contribution in [0.5, 0.6) is 11.5 Å². The number of carbonyl (C=O) groups is 1. The molecule has 0 aliphatic heterocycles. The van der Waals surface area contributed by atoms with Crippen molar-refractivity contribution in [3.8, 4) is 11.5 Å². The van der Waals surface area contributed by atoms with Gasteiger partial charge in [0.05, 0.1) is 25.7 Å². The Morgan fingerprint density at radius 3 is 2.33 bits per heavy atom. The summed E-state index contributed by atoms with van der Waals surface area (Å²) in [5.74, 6) is 0.875. The summed E-state index contributed by atoms with van der Waals surface area (Å²) in [6.45, 7) is 4.91. The van der Waals surface area contributed by atoms with Gasteiger partial charge in [0.15, 0.2) is 5.13 Å². The summed E-state index contributed by atoms with van der Waals surface area (Å²) < 4.78 is 39.6. The number of rotatable bonds is 12. The third kappa shape index (κ3) is 6.05. The van der Waals surface area contributed by atoms with Gasteiger partial charge in [-0.05, 0) is 54.4 Å². The molecule has 0 saturated carbocycles. The summed E-state index contributed by atoms with van der Waals surface area (Å²) in [6.07, 6.45) is 5.04. The topological polar surface area (TPSA) is 102 Å². The number of nitrogens with zero attached hydrogens (tertiary/aromatic N) is 4. The van der Waals surface area contributed by atoms with E-state index in [2.05, 4.69) is 4.98 Å². The Bertz CT molecular complexity index is 1480. The van der Waals surface area contributed by atoms with Crippen molar-refractivity contribution in [3.05, 3.63) is 72.1 Å². The van der Waals surface area contributed by atoms with Crippen LogP contribution in [0, 0.1) is 0 Å². The zero-order valence-electron chi connectivity index (χ0n) is 22.5. The highest BCUT2D eigenvalue weighted by molar-refractivity contribution is 7.89. The van der Waals surface area contributed by atoms with Crippen molar-refractivity contribution in [2.45, 2.75) is 38.1 Å². The molecule has 4 rings (SSSR count). The summed E-state index contributed by atoms with van der Waals surface area (Å²) in [6, 6.07) is 13.3. The molecule has 9 nitrogen and oxygen atoms in total. The van der Waals surface area contributed by atoms with E-state index < -0.39 is 10.0 Å². The van der Waals surface area contributed by atoms with Crippen molar-refractivity contribution >= 4 is 42.6 Å². The lowest BCUT2D eigenvalue weighted by Crippen LogP contribution is -2.32. The van der Waals surface area contributed by atoms with Crippen LogP contribution in [-0.4, -0.2) is 55.9 Å². The highest BCUT2D eigenvalue weighted by atomic mass is 32.2. The number of pyridine rings is 1. The molecule has 206 valence electrons. The van der Waals surface area contributed by atoms with E-state index in [1.54, 1.807) is 61.8 Å². The number of anilines is 1. The van der Waals surface area contributed by atoms with Gasteiger partial charge >= 0.3 is 0 Å². The molecule has 2 aromatic carbocycles. The number of amides is 1. The molecule has 2 aromatic heterocycles. The Kier molecular flexibility index (Phi) is 9.16. The largest absolute Gasteiger partial charge is 0.495 e. The molecular formula is C28H32N4O5S2. The highest BCUT2D eigenvalue weighted by Crippen LogP contribution is 2.40. The highest BCUT2D eigenvalue weighted by Gasteiger charge is 2.26. The average molecular weight is 569 g/mol. The fourth-order valence-corrected chi connectivity index (χ4v) is 6.71. The van der Waals surface area contributed by atoms with Gasteiger partial charge in [-0.15, -0.1) is 0 Å². The van der Waals surface area contributed by atoms with Crippen LogP contribution in [0.15, 0.2) is 65.8 Å². The number of hydrogen-bond acceptors (Lipinski definition) is 8. The van der Waals surface area contributed by atoms with E-state index in [9.17, 15) is 13.2 Å². The standard InChI is InChI=1S/C28H32N4O5S2/c1-5-7-17-31(6-2)39(34,35)22-12-10-21(11-13-22)27(33)32(19-20-9-8-16-29-18-20)28-30-25-23(36-3)14-15-24(37-4)26(25)38-28/h8-16,18H,5-7,17,19H2,1-4H3. The first-order chi connectivity index (χ1) is 18.8. The van der Waals surface area contributed by atoms with Crippen LogP contribution < -0.4 is 14.4 Å². The maximum absolute atomic E-state index is 13.9. The normalized spacial score (nSPS) is 11.6. The Labute approximate surface area is 233 Å². The molecule has 0 saturated heterocycles. The van der Waals surface area contributed by atoms with Crippen molar-refractivity contribution in [2.75, 3.05) is 32.2 Å². The first kappa shape index (κ1) is 28.5. The predicted molar refractivity (Wildman–Crippen MR) is 153 cm³/mol. The van der Waals surface area contributed by atoms with Crippen LogP contribution in [-0.2, 0) is 16.6 Å². The third-order valence-electron chi connectivity index (χ3n) is 6.29. The third-order valence-corrected chi connectivity index (χ3v) is 9.37. The number of unbranched alkanes of at least 4 members (excludes halogenated alkanes) is 1. The van der Waals surface area contributed by atoms with Crippen molar-refractivity contribution in [1.29, 1.82) is 0 Å². The van der Waals surface area contributed by atoms with Gasteiger partial charge in [0, 0.05) is 31.0 Å². The Balaban J connectivity index is 1.72. The molecule has 0 spiro atoms. The molecule has 0 radical (unpaired) electrons. The van der Waals surface area contributed by atoms with Gasteiger partial charge in [-0.1, -0.05) is 37.7 Å². The van der Waals surface area contributed by atoms with Gasteiger partial charge in [0.1, 0.15) is 21.7 Å². The second-order valence-electron chi connectivity index (χ2n) is 8.77. The quantitative estimate of drug-likeness (QED) is 0.227. The van der Waals surface area contributed by atoms with Gasteiger partial charge in [-0.3, -0.25) is 14.7 Å². The molecule has 0 aliphatic carbocycles. The lowest BCUT2D eigenvalue weighted by molar-refractivity contribution is 0.0985. The van der Waals surface area contributed by atoms with Gasteiger partial charge in [0.2, 0.25) is 10.0 Å². The van der Waals surface area contributed by atoms with Gasteiger partial charge in [0.25, 0.3) is 5.91 Å². The van der Waals surface area contributed by atoms with Crippen LogP contribution in [0.3, 0.4) is 0 Å². The van der Waals surface area contributed by atoms with Crippen LogP contribution in [0.25, 0.3) is 10.2 Å². The number of thiazole rings is 1. The molecule has 0 N–H and O–H groups in total. The Morgan fingerprint density at radius 2 is 1.72 bits per heavy atom. The number of methoxy groups -OCH3 is 2. The fraction of sp³-hybridized carbons (Fsp3) is 0.321. The maximum Gasteiger partial charge on any atom is 0.260 e. The van der Waals surface area contributed by atoms with Crippen LogP contribution >= 0.6 is 11.3 Å². The summed E-state index contributed by atoms with van der Waals surface area (Å²) in [5.41, 5.74) is 1.75. The minimum Gasteiger partial charge on any atom is -0.495 e. The number of fused-ring (bicyclic) bond motifs is 1. The van der Waals surface area contributed by atoms with E-state index >= 15 is 0 Å². The second kappa shape index (κ2) is 12.5. The molecule has 0 aliphatic rings.